The van der Waals surface area contributed by atoms with Gasteiger partial charge in [-0.3, -0.25) is 4.79 Å². The first-order valence-electron chi connectivity index (χ1n) is 10.4. The molecule has 2 aromatic rings. The lowest BCUT2D eigenvalue weighted by molar-refractivity contribution is -0.195. The molecule has 0 saturated carbocycles. The Hall–Kier alpha value is -2.57. The Morgan fingerprint density at radius 3 is 2.42 bits per heavy atom. The third-order valence-corrected chi connectivity index (χ3v) is 7.02. The average Bonchev–Trinajstić information content (AvgIpc) is 2.95. The first-order chi connectivity index (χ1) is 14.7. The standard InChI is InChI=1S/C24H25ClN2O4/c1-22(2,3)31-21(29)27-18-12-8-7-11-17(18)23-19(25)20(28)26(23)14-13-15-9-5-6-10-16(15)24(23,27)30-4/h5-12,19H,13-14H2,1-4H3/t19?,23-,24-/m1/s1. The molecule has 2 amide bonds. The quantitative estimate of drug-likeness (QED) is 0.494. The number of fused-ring (bicyclic) bond motifs is 3. The Morgan fingerprint density at radius 1 is 1.10 bits per heavy atom. The number of β-lactam (4-membered cyclic amide) rings is 1. The lowest BCUT2D eigenvalue weighted by atomic mass is 9.69. The number of carbonyl (C=O) groups is 2. The van der Waals surface area contributed by atoms with E-state index in [1.165, 1.54) is 0 Å². The van der Waals surface area contributed by atoms with Crippen molar-refractivity contribution in [1.82, 2.24) is 4.90 Å². The zero-order chi connectivity index (χ0) is 22.2. The van der Waals surface area contributed by atoms with Crippen LogP contribution in [-0.2, 0) is 32.0 Å². The van der Waals surface area contributed by atoms with Gasteiger partial charge in [-0.05, 0) is 38.8 Å². The molecule has 0 aromatic heterocycles. The van der Waals surface area contributed by atoms with E-state index in [2.05, 4.69) is 0 Å². The number of ether oxygens (including phenoxy) is 2. The van der Waals surface area contributed by atoms with Gasteiger partial charge >= 0.3 is 6.09 Å². The molecule has 162 valence electrons. The number of amides is 2. The molecule has 0 radical (unpaired) electrons. The van der Waals surface area contributed by atoms with Crippen LogP contribution in [0.15, 0.2) is 48.5 Å². The highest BCUT2D eigenvalue weighted by molar-refractivity contribution is 6.35. The topological polar surface area (TPSA) is 59.1 Å². The van der Waals surface area contributed by atoms with Gasteiger partial charge < -0.3 is 14.4 Å². The van der Waals surface area contributed by atoms with Crippen molar-refractivity contribution in [3.05, 3.63) is 65.2 Å². The number of carbonyl (C=O) groups excluding carboxylic acids is 2. The number of benzene rings is 2. The minimum absolute atomic E-state index is 0.156. The number of methoxy groups -OCH3 is 1. The maximum absolute atomic E-state index is 13.7. The highest BCUT2D eigenvalue weighted by Gasteiger charge is 2.79. The van der Waals surface area contributed by atoms with E-state index in [0.29, 0.717) is 18.7 Å². The van der Waals surface area contributed by atoms with Crippen LogP contribution in [0.4, 0.5) is 10.5 Å². The molecule has 0 aliphatic carbocycles. The SMILES string of the molecule is CO[C@]12c3ccccc3CCN3C(=O)C(Cl)[C@@]31c1ccccc1N2C(=O)OC(C)(C)C. The van der Waals surface area contributed by atoms with Crippen molar-refractivity contribution in [1.29, 1.82) is 0 Å². The zero-order valence-corrected chi connectivity index (χ0v) is 18.8. The molecule has 3 aliphatic rings. The highest BCUT2D eigenvalue weighted by atomic mass is 35.5. The second-order valence-corrected chi connectivity index (χ2v) is 9.64. The number of hydrogen-bond acceptors (Lipinski definition) is 4. The van der Waals surface area contributed by atoms with Crippen LogP contribution in [0.5, 0.6) is 0 Å². The van der Waals surface area contributed by atoms with Gasteiger partial charge in [0.05, 0.1) is 5.69 Å². The fraction of sp³-hybridized carbons (Fsp3) is 0.417. The molecular weight excluding hydrogens is 416 g/mol. The molecule has 6 nitrogen and oxygen atoms in total. The Kier molecular flexibility index (Phi) is 4.24. The summed E-state index contributed by atoms with van der Waals surface area (Å²) in [6.07, 6.45) is 0.0986. The predicted octanol–water partition coefficient (Wildman–Crippen LogP) is 4.14. The average molecular weight is 441 g/mol. The van der Waals surface area contributed by atoms with Gasteiger partial charge in [-0.1, -0.05) is 42.5 Å². The maximum atomic E-state index is 13.7. The van der Waals surface area contributed by atoms with Crippen molar-refractivity contribution in [3.8, 4) is 0 Å². The summed E-state index contributed by atoms with van der Waals surface area (Å²) < 4.78 is 12.2. The first kappa shape index (κ1) is 20.3. The molecule has 3 aliphatic heterocycles. The van der Waals surface area contributed by atoms with Crippen molar-refractivity contribution in [2.24, 2.45) is 0 Å². The highest BCUT2D eigenvalue weighted by Crippen LogP contribution is 2.67. The third kappa shape index (κ3) is 2.32. The van der Waals surface area contributed by atoms with E-state index in [1.54, 1.807) is 16.9 Å². The van der Waals surface area contributed by atoms with E-state index in [-0.39, 0.29) is 5.91 Å². The Balaban J connectivity index is 1.87. The molecule has 3 heterocycles. The predicted molar refractivity (Wildman–Crippen MR) is 117 cm³/mol. The van der Waals surface area contributed by atoms with Gasteiger partial charge in [-0.15, -0.1) is 11.6 Å². The Morgan fingerprint density at radius 2 is 1.74 bits per heavy atom. The maximum Gasteiger partial charge on any atom is 0.417 e. The van der Waals surface area contributed by atoms with Crippen LogP contribution in [0, 0.1) is 0 Å². The van der Waals surface area contributed by atoms with Gasteiger partial charge in [0.2, 0.25) is 11.6 Å². The summed E-state index contributed by atoms with van der Waals surface area (Å²) in [5.74, 6) is -0.156. The number of para-hydroxylation sites is 1. The van der Waals surface area contributed by atoms with Crippen molar-refractivity contribution in [3.63, 3.8) is 0 Å². The summed E-state index contributed by atoms with van der Waals surface area (Å²) in [6.45, 7) is 5.97. The van der Waals surface area contributed by atoms with Crippen LogP contribution in [0.1, 0.15) is 37.5 Å². The normalized spacial score (nSPS) is 28.7. The Bertz CT molecular complexity index is 1100. The summed E-state index contributed by atoms with van der Waals surface area (Å²) >= 11 is 6.85. The number of alkyl halides is 1. The van der Waals surface area contributed by atoms with Crippen LogP contribution in [0.3, 0.4) is 0 Å². The van der Waals surface area contributed by atoms with E-state index in [1.807, 2.05) is 69.3 Å². The number of halogens is 1. The molecule has 0 N–H and O–H groups in total. The van der Waals surface area contributed by atoms with Crippen LogP contribution >= 0.6 is 11.6 Å². The molecule has 1 fully saturated rings. The van der Waals surface area contributed by atoms with Crippen molar-refractivity contribution < 1.29 is 19.1 Å². The van der Waals surface area contributed by atoms with Gasteiger partial charge in [0.25, 0.3) is 0 Å². The van der Waals surface area contributed by atoms with Gasteiger partial charge in [0, 0.05) is 24.8 Å². The summed E-state index contributed by atoms with van der Waals surface area (Å²) in [5, 5.41) is -0.882. The van der Waals surface area contributed by atoms with E-state index in [0.717, 1.165) is 16.7 Å². The van der Waals surface area contributed by atoms with Gasteiger partial charge in [0.15, 0.2) is 0 Å². The molecular formula is C24H25ClN2O4. The minimum atomic E-state index is -1.35. The molecule has 2 aromatic carbocycles. The molecule has 1 unspecified atom stereocenters. The largest absolute Gasteiger partial charge is 0.443 e. The van der Waals surface area contributed by atoms with Crippen molar-refractivity contribution in [2.45, 2.75) is 49.4 Å². The molecule has 1 saturated heterocycles. The summed E-state index contributed by atoms with van der Waals surface area (Å²) in [7, 11) is 1.57. The van der Waals surface area contributed by atoms with Crippen LogP contribution < -0.4 is 4.90 Å². The molecule has 5 rings (SSSR count). The lowest BCUT2D eigenvalue weighted by Gasteiger charge is -2.60. The van der Waals surface area contributed by atoms with E-state index in [9.17, 15) is 9.59 Å². The minimum Gasteiger partial charge on any atom is -0.443 e. The second kappa shape index (κ2) is 6.47. The second-order valence-electron chi connectivity index (χ2n) is 9.21. The van der Waals surface area contributed by atoms with Crippen LogP contribution in [0.2, 0.25) is 0 Å². The van der Waals surface area contributed by atoms with Crippen molar-refractivity contribution in [2.75, 3.05) is 18.6 Å². The lowest BCUT2D eigenvalue weighted by Crippen LogP contribution is -2.79. The number of hydrogen-bond donors (Lipinski definition) is 0. The Labute approximate surface area is 186 Å². The monoisotopic (exact) mass is 440 g/mol. The van der Waals surface area contributed by atoms with Crippen molar-refractivity contribution >= 4 is 29.3 Å². The molecule has 7 heteroatoms. The summed E-state index contributed by atoms with van der Waals surface area (Å²) in [5.41, 5.74) is 0.137. The molecule has 31 heavy (non-hydrogen) atoms. The van der Waals surface area contributed by atoms with E-state index < -0.39 is 28.3 Å². The number of nitrogens with zero attached hydrogens (tertiary/aromatic N) is 2. The first-order valence-corrected chi connectivity index (χ1v) is 10.9. The number of rotatable bonds is 1. The van der Waals surface area contributed by atoms with E-state index >= 15 is 0 Å². The smallest absolute Gasteiger partial charge is 0.417 e. The molecule has 3 atom stereocenters. The molecule has 1 spiro atoms. The summed E-state index contributed by atoms with van der Waals surface area (Å²) in [4.78, 5) is 30.1. The number of anilines is 1. The van der Waals surface area contributed by atoms with Gasteiger partial charge in [-0.2, -0.15) is 0 Å². The van der Waals surface area contributed by atoms with Crippen LogP contribution in [-0.4, -0.2) is 41.5 Å². The van der Waals surface area contributed by atoms with E-state index in [4.69, 9.17) is 21.1 Å². The zero-order valence-electron chi connectivity index (χ0n) is 18.0. The summed E-state index contributed by atoms with van der Waals surface area (Å²) in [6, 6.07) is 15.4. The van der Waals surface area contributed by atoms with Gasteiger partial charge in [0.1, 0.15) is 16.5 Å². The fourth-order valence-corrected chi connectivity index (χ4v) is 6.02. The van der Waals surface area contributed by atoms with Gasteiger partial charge in [-0.25, -0.2) is 9.69 Å². The molecule has 0 bridgehead atoms. The van der Waals surface area contributed by atoms with Crippen LogP contribution in [0.25, 0.3) is 0 Å². The third-order valence-electron chi connectivity index (χ3n) is 6.52. The fourth-order valence-electron chi connectivity index (χ4n) is 5.51.